The molecular weight excluding hydrogens is 336 g/mol. The molecule has 0 radical (unpaired) electrons. The van der Waals surface area contributed by atoms with Crippen LogP contribution in [0.4, 0.5) is 0 Å². The Kier molecular flexibility index (Phi) is 6.62. The lowest BCUT2D eigenvalue weighted by molar-refractivity contribution is 0.0788. The second kappa shape index (κ2) is 8.50. The lowest BCUT2D eigenvalue weighted by Gasteiger charge is -2.21. The van der Waals surface area contributed by atoms with Gasteiger partial charge in [0.05, 0.1) is 23.1 Å². The number of hydrogen-bond donors (Lipinski definition) is 1. The van der Waals surface area contributed by atoms with Crippen molar-refractivity contribution in [1.82, 2.24) is 14.7 Å². The third kappa shape index (κ3) is 4.61. The number of aromatic nitrogens is 2. The van der Waals surface area contributed by atoms with Crippen LogP contribution < -0.4 is 5.73 Å². The summed E-state index contributed by atoms with van der Waals surface area (Å²) in [5.41, 5.74) is 8.45. The van der Waals surface area contributed by atoms with E-state index < -0.39 is 0 Å². The first kappa shape index (κ1) is 19.5. The second-order valence-corrected chi connectivity index (χ2v) is 7.11. The summed E-state index contributed by atoms with van der Waals surface area (Å²) < 4.78 is 1.78. The summed E-state index contributed by atoms with van der Waals surface area (Å²) in [4.78, 5) is 14.5. The van der Waals surface area contributed by atoms with Gasteiger partial charge in [-0.25, -0.2) is 4.68 Å². The van der Waals surface area contributed by atoms with Crippen molar-refractivity contribution in [3.05, 3.63) is 46.7 Å². The second-order valence-electron chi connectivity index (χ2n) is 6.67. The Morgan fingerprint density at radius 1 is 1.40 bits per heavy atom. The van der Waals surface area contributed by atoms with E-state index in [1.54, 1.807) is 15.8 Å². The zero-order valence-electron chi connectivity index (χ0n) is 15.4. The lowest BCUT2D eigenvalue weighted by Crippen LogP contribution is -2.34. The molecule has 1 unspecified atom stereocenters. The molecule has 1 amide bonds. The van der Waals surface area contributed by atoms with Gasteiger partial charge < -0.3 is 10.6 Å². The van der Waals surface area contributed by atoms with Crippen LogP contribution in [-0.2, 0) is 6.42 Å². The number of hydrogen-bond acceptors (Lipinski definition) is 3. The molecule has 5 nitrogen and oxygen atoms in total. The fourth-order valence-electron chi connectivity index (χ4n) is 2.71. The monoisotopic (exact) mass is 362 g/mol. The average molecular weight is 363 g/mol. The largest absolute Gasteiger partial charge is 0.342 e. The molecule has 0 aliphatic rings. The van der Waals surface area contributed by atoms with Gasteiger partial charge in [-0.15, -0.1) is 0 Å². The van der Waals surface area contributed by atoms with E-state index in [0.717, 1.165) is 17.8 Å². The molecule has 1 aromatic carbocycles. The van der Waals surface area contributed by atoms with E-state index in [4.69, 9.17) is 17.3 Å². The summed E-state index contributed by atoms with van der Waals surface area (Å²) in [6.45, 7) is 6.83. The molecule has 1 aromatic heterocycles. The summed E-state index contributed by atoms with van der Waals surface area (Å²) >= 11 is 6.08. The highest BCUT2D eigenvalue weighted by Gasteiger charge is 2.21. The third-order valence-corrected chi connectivity index (χ3v) is 4.72. The van der Waals surface area contributed by atoms with Crippen LogP contribution in [0.3, 0.4) is 0 Å². The van der Waals surface area contributed by atoms with Gasteiger partial charge in [0.1, 0.15) is 0 Å². The van der Waals surface area contributed by atoms with E-state index in [0.29, 0.717) is 29.5 Å². The van der Waals surface area contributed by atoms with Gasteiger partial charge in [-0.05, 0) is 37.0 Å². The Labute approximate surface area is 154 Å². The van der Waals surface area contributed by atoms with Crippen LogP contribution in [0.1, 0.15) is 43.2 Å². The van der Waals surface area contributed by atoms with Crippen LogP contribution >= 0.6 is 11.6 Å². The molecule has 0 fully saturated rings. The number of carbonyl (C=O) groups is 1. The maximum absolute atomic E-state index is 12.8. The maximum atomic E-state index is 12.8. The van der Waals surface area contributed by atoms with Crippen molar-refractivity contribution in [2.24, 2.45) is 11.7 Å². The van der Waals surface area contributed by atoms with Crippen molar-refractivity contribution in [2.45, 2.75) is 39.7 Å². The number of carbonyl (C=O) groups excluding carboxylic acids is 1. The normalized spacial score (nSPS) is 12.4. The SMILES string of the molecule is CCc1c(C(=O)N(C)CCC(N)C(C)C)cnn1-c1cccc(Cl)c1. The van der Waals surface area contributed by atoms with E-state index in [2.05, 4.69) is 18.9 Å². The zero-order chi connectivity index (χ0) is 18.6. The highest BCUT2D eigenvalue weighted by atomic mass is 35.5. The molecule has 0 aliphatic carbocycles. The molecule has 0 saturated heterocycles. The van der Waals surface area contributed by atoms with Crippen LogP contribution in [0, 0.1) is 5.92 Å². The zero-order valence-corrected chi connectivity index (χ0v) is 16.1. The summed E-state index contributed by atoms with van der Waals surface area (Å²) in [6, 6.07) is 7.55. The van der Waals surface area contributed by atoms with E-state index in [9.17, 15) is 4.79 Å². The van der Waals surface area contributed by atoms with Crippen molar-refractivity contribution in [3.63, 3.8) is 0 Å². The topological polar surface area (TPSA) is 64.2 Å². The van der Waals surface area contributed by atoms with E-state index in [-0.39, 0.29) is 11.9 Å². The average Bonchev–Trinajstić information content (AvgIpc) is 3.02. The molecule has 25 heavy (non-hydrogen) atoms. The van der Waals surface area contributed by atoms with Gasteiger partial charge in [0, 0.05) is 24.7 Å². The van der Waals surface area contributed by atoms with Crippen molar-refractivity contribution in [1.29, 1.82) is 0 Å². The molecule has 2 rings (SSSR count). The molecule has 0 bridgehead atoms. The van der Waals surface area contributed by atoms with Gasteiger partial charge in [0.2, 0.25) is 0 Å². The number of amides is 1. The number of nitrogens with zero attached hydrogens (tertiary/aromatic N) is 3. The van der Waals surface area contributed by atoms with Crippen LogP contribution in [0.25, 0.3) is 5.69 Å². The number of halogens is 1. The van der Waals surface area contributed by atoms with Crippen molar-refractivity contribution < 1.29 is 4.79 Å². The van der Waals surface area contributed by atoms with E-state index in [1.807, 2.05) is 38.2 Å². The number of rotatable bonds is 7. The van der Waals surface area contributed by atoms with Gasteiger partial charge in [-0.1, -0.05) is 38.4 Å². The molecule has 2 aromatic rings. The van der Waals surface area contributed by atoms with Gasteiger partial charge in [-0.3, -0.25) is 4.79 Å². The first-order chi connectivity index (χ1) is 11.8. The van der Waals surface area contributed by atoms with E-state index >= 15 is 0 Å². The minimum Gasteiger partial charge on any atom is -0.342 e. The van der Waals surface area contributed by atoms with Crippen LogP contribution in [-0.4, -0.2) is 40.2 Å². The highest BCUT2D eigenvalue weighted by Crippen LogP contribution is 2.20. The molecule has 0 saturated carbocycles. The van der Waals surface area contributed by atoms with Crippen LogP contribution in [0.2, 0.25) is 5.02 Å². The Balaban J connectivity index is 2.20. The highest BCUT2D eigenvalue weighted by molar-refractivity contribution is 6.30. The molecule has 136 valence electrons. The van der Waals surface area contributed by atoms with Crippen molar-refractivity contribution in [2.75, 3.05) is 13.6 Å². The van der Waals surface area contributed by atoms with Gasteiger partial charge >= 0.3 is 0 Å². The minimum absolute atomic E-state index is 0.0268. The first-order valence-corrected chi connectivity index (χ1v) is 9.06. The Morgan fingerprint density at radius 2 is 2.12 bits per heavy atom. The Hall–Kier alpha value is -1.85. The molecule has 1 atom stereocenters. The molecule has 2 N–H and O–H groups in total. The fraction of sp³-hybridized carbons (Fsp3) is 0.474. The maximum Gasteiger partial charge on any atom is 0.257 e. The number of benzene rings is 1. The number of nitrogens with two attached hydrogens (primary N) is 1. The molecular formula is C19H27ClN4O. The standard InChI is InChI=1S/C19H27ClN4O/c1-5-18-16(19(25)23(4)10-9-17(21)13(2)3)12-22-24(18)15-8-6-7-14(20)11-15/h6-8,11-13,17H,5,9-10,21H2,1-4H3. The summed E-state index contributed by atoms with van der Waals surface area (Å²) in [5.74, 6) is 0.376. The lowest BCUT2D eigenvalue weighted by atomic mass is 10.0. The summed E-state index contributed by atoms with van der Waals surface area (Å²) in [7, 11) is 1.81. The van der Waals surface area contributed by atoms with Crippen LogP contribution in [0.15, 0.2) is 30.5 Å². The smallest absolute Gasteiger partial charge is 0.257 e. The van der Waals surface area contributed by atoms with Crippen molar-refractivity contribution in [3.8, 4) is 5.69 Å². The Bertz CT molecular complexity index is 726. The Morgan fingerprint density at radius 3 is 2.72 bits per heavy atom. The quantitative estimate of drug-likeness (QED) is 0.819. The third-order valence-electron chi connectivity index (χ3n) is 4.49. The van der Waals surface area contributed by atoms with Gasteiger partial charge in [0.25, 0.3) is 5.91 Å². The first-order valence-electron chi connectivity index (χ1n) is 8.69. The summed E-state index contributed by atoms with van der Waals surface area (Å²) in [6.07, 6.45) is 3.12. The van der Waals surface area contributed by atoms with Gasteiger partial charge in [0.15, 0.2) is 0 Å². The predicted molar refractivity (Wildman–Crippen MR) is 102 cm³/mol. The molecule has 0 spiro atoms. The van der Waals surface area contributed by atoms with E-state index in [1.165, 1.54) is 0 Å². The molecule has 6 heteroatoms. The summed E-state index contributed by atoms with van der Waals surface area (Å²) in [5, 5.41) is 5.05. The molecule has 0 aliphatic heterocycles. The predicted octanol–water partition coefficient (Wildman–Crippen LogP) is 3.53. The van der Waals surface area contributed by atoms with Gasteiger partial charge in [-0.2, -0.15) is 5.10 Å². The van der Waals surface area contributed by atoms with Crippen LogP contribution in [0.5, 0.6) is 0 Å². The fourth-order valence-corrected chi connectivity index (χ4v) is 2.89. The van der Waals surface area contributed by atoms with Crippen molar-refractivity contribution >= 4 is 17.5 Å². The minimum atomic E-state index is -0.0268. The molecule has 1 heterocycles.